The molecular weight excluding hydrogens is 168 g/mol. The Morgan fingerprint density at radius 2 is 2.31 bits per heavy atom. The van der Waals surface area contributed by atoms with E-state index in [-0.39, 0.29) is 12.5 Å². The molecule has 4 heteroatoms. The summed E-state index contributed by atoms with van der Waals surface area (Å²) in [5, 5.41) is 0. The minimum absolute atomic E-state index is 0.0842. The quantitative estimate of drug-likeness (QED) is 0.592. The van der Waals surface area contributed by atoms with E-state index in [4.69, 9.17) is 10.5 Å². The minimum Gasteiger partial charge on any atom is -0.482 e. The Bertz CT molecular complexity index is 363. The number of ether oxygens (including phenoxy) is 1. The van der Waals surface area contributed by atoms with Crippen LogP contribution in [-0.4, -0.2) is 19.6 Å². The van der Waals surface area contributed by atoms with Crippen LogP contribution in [0.1, 0.15) is 0 Å². The number of hydrogen-bond acceptors (Lipinski definition) is 2. The minimum atomic E-state index is -0.0851. The Balaban J connectivity index is 2.51. The fourth-order valence-corrected chi connectivity index (χ4v) is 1.27. The first-order chi connectivity index (χ1) is 6.18. The monoisotopic (exact) mass is 177 g/mol. The normalized spacial score (nSPS) is 15.2. The van der Waals surface area contributed by atoms with Crippen molar-refractivity contribution in [3.8, 4) is 5.75 Å². The van der Waals surface area contributed by atoms with Gasteiger partial charge in [-0.25, -0.2) is 0 Å². The lowest BCUT2D eigenvalue weighted by Crippen LogP contribution is -2.35. The lowest BCUT2D eigenvalue weighted by Gasteiger charge is -2.25. The number of fused-ring (bicyclic) bond motifs is 1. The number of nitrogens with zero attached hydrogens (tertiary/aromatic N) is 1. The number of amides is 1. The SMILES string of the molecule is CN1C(=O)COc2ccc([NH])cc21. The fourth-order valence-electron chi connectivity index (χ4n) is 1.27. The Labute approximate surface area is 75.9 Å². The van der Waals surface area contributed by atoms with Gasteiger partial charge in [-0.05, 0) is 18.2 Å². The number of carbonyl (C=O) groups excluding carboxylic acids is 1. The van der Waals surface area contributed by atoms with E-state index in [2.05, 4.69) is 0 Å². The topological polar surface area (TPSA) is 53.3 Å². The molecule has 1 aromatic carbocycles. The predicted molar refractivity (Wildman–Crippen MR) is 48.1 cm³/mol. The maximum atomic E-state index is 11.2. The van der Waals surface area contributed by atoms with Crippen molar-refractivity contribution in [1.82, 2.24) is 5.73 Å². The smallest absolute Gasteiger partial charge is 0.264 e. The van der Waals surface area contributed by atoms with E-state index in [1.165, 1.54) is 4.90 Å². The third-order valence-corrected chi connectivity index (χ3v) is 2.05. The molecule has 0 saturated heterocycles. The van der Waals surface area contributed by atoms with E-state index in [0.29, 0.717) is 17.1 Å². The van der Waals surface area contributed by atoms with E-state index >= 15 is 0 Å². The number of likely N-dealkylation sites (N-methyl/N-ethyl adjacent to an activating group) is 1. The summed E-state index contributed by atoms with van der Waals surface area (Å²) in [6.45, 7) is 0.0842. The summed E-state index contributed by atoms with van der Waals surface area (Å²) in [4.78, 5) is 12.7. The van der Waals surface area contributed by atoms with Crippen LogP contribution in [0.4, 0.5) is 11.4 Å². The highest BCUT2D eigenvalue weighted by atomic mass is 16.5. The van der Waals surface area contributed by atoms with Crippen LogP contribution in [0.5, 0.6) is 5.75 Å². The zero-order chi connectivity index (χ0) is 9.42. The summed E-state index contributed by atoms with van der Waals surface area (Å²) in [7, 11) is 1.68. The molecule has 1 amide bonds. The molecule has 1 heterocycles. The van der Waals surface area contributed by atoms with Gasteiger partial charge in [0.15, 0.2) is 6.61 Å². The fraction of sp³-hybridized carbons (Fsp3) is 0.222. The summed E-state index contributed by atoms with van der Waals surface area (Å²) in [6.07, 6.45) is 0. The van der Waals surface area contributed by atoms with Crippen LogP contribution in [0.3, 0.4) is 0 Å². The van der Waals surface area contributed by atoms with Gasteiger partial charge in [-0.3, -0.25) is 4.79 Å². The van der Waals surface area contributed by atoms with Crippen molar-refractivity contribution in [3.05, 3.63) is 18.2 Å². The molecule has 0 spiro atoms. The summed E-state index contributed by atoms with van der Waals surface area (Å²) >= 11 is 0. The van der Waals surface area contributed by atoms with E-state index in [0.717, 1.165) is 0 Å². The van der Waals surface area contributed by atoms with Gasteiger partial charge in [0.05, 0.1) is 11.4 Å². The second-order valence-electron chi connectivity index (χ2n) is 2.92. The molecule has 0 atom stereocenters. The molecule has 0 unspecified atom stereocenters. The Morgan fingerprint density at radius 1 is 1.54 bits per heavy atom. The lowest BCUT2D eigenvalue weighted by atomic mass is 10.2. The van der Waals surface area contributed by atoms with Gasteiger partial charge in [-0.2, -0.15) is 0 Å². The first-order valence-corrected chi connectivity index (χ1v) is 3.93. The molecule has 13 heavy (non-hydrogen) atoms. The predicted octanol–water partition coefficient (Wildman–Crippen LogP) is 0.956. The highest BCUT2D eigenvalue weighted by molar-refractivity contribution is 5.97. The number of hydrogen-bond donors (Lipinski definition) is 0. The first-order valence-electron chi connectivity index (χ1n) is 3.93. The van der Waals surface area contributed by atoms with Gasteiger partial charge in [0.2, 0.25) is 0 Å². The Morgan fingerprint density at radius 3 is 3.08 bits per heavy atom. The Hall–Kier alpha value is -1.71. The maximum Gasteiger partial charge on any atom is 0.264 e. The van der Waals surface area contributed by atoms with Crippen molar-refractivity contribution in [2.24, 2.45) is 0 Å². The molecule has 0 aliphatic carbocycles. The number of benzene rings is 1. The maximum absolute atomic E-state index is 11.2. The van der Waals surface area contributed by atoms with Gasteiger partial charge >= 0.3 is 0 Å². The van der Waals surface area contributed by atoms with Gasteiger partial charge in [-0.1, -0.05) is 0 Å². The highest BCUT2D eigenvalue weighted by Crippen LogP contribution is 2.32. The van der Waals surface area contributed by atoms with E-state index in [9.17, 15) is 4.79 Å². The molecule has 1 radical (unpaired) electrons. The molecule has 1 N–H and O–H groups in total. The van der Waals surface area contributed by atoms with Gasteiger partial charge in [0, 0.05) is 7.05 Å². The third-order valence-electron chi connectivity index (χ3n) is 2.05. The lowest BCUT2D eigenvalue weighted by molar-refractivity contribution is -0.120. The third kappa shape index (κ3) is 1.20. The van der Waals surface area contributed by atoms with Crippen LogP contribution in [0.15, 0.2) is 18.2 Å². The first kappa shape index (κ1) is 7.91. The molecule has 1 aromatic rings. The summed E-state index contributed by atoms with van der Waals surface area (Å²) in [6, 6.07) is 4.97. The van der Waals surface area contributed by atoms with E-state index in [1.54, 1.807) is 25.2 Å². The van der Waals surface area contributed by atoms with Crippen molar-refractivity contribution in [2.45, 2.75) is 0 Å². The second kappa shape index (κ2) is 2.65. The summed E-state index contributed by atoms with van der Waals surface area (Å²) in [5.74, 6) is 0.580. The van der Waals surface area contributed by atoms with Crippen molar-refractivity contribution < 1.29 is 9.53 Å². The standard InChI is InChI=1S/C9H9N2O2/c1-11-7-4-6(10)2-3-8(7)13-5-9(11)12/h2-4,10H,5H2,1H3. The number of carbonyl (C=O) groups is 1. The van der Waals surface area contributed by atoms with Crippen LogP contribution < -0.4 is 15.4 Å². The molecular formula is C9H9N2O2. The van der Waals surface area contributed by atoms with Crippen molar-refractivity contribution >= 4 is 17.3 Å². The van der Waals surface area contributed by atoms with E-state index < -0.39 is 0 Å². The van der Waals surface area contributed by atoms with Crippen molar-refractivity contribution in [3.63, 3.8) is 0 Å². The molecule has 1 aliphatic heterocycles. The van der Waals surface area contributed by atoms with Crippen LogP contribution in [0, 0.1) is 0 Å². The van der Waals surface area contributed by atoms with Crippen molar-refractivity contribution in [1.29, 1.82) is 0 Å². The summed E-state index contributed by atoms with van der Waals surface area (Å²) in [5.41, 5.74) is 8.45. The summed E-state index contributed by atoms with van der Waals surface area (Å²) < 4.78 is 5.19. The molecule has 4 nitrogen and oxygen atoms in total. The molecule has 0 saturated carbocycles. The average Bonchev–Trinajstić information content (AvgIpc) is 2.12. The highest BCUT2D eigenvalue weighted by Gasteiger charge is 2.21. The van der Waals surface area contributed by atoms with Gasteiger partial charge < -0.3 is 15.4 Å². The van der Waals surface area contributed by atoms with Crippen LogP contribution in [-0.2, 0) is 4.79 Å². The molecule has 0 bridgehead atoms. The second-order valence-corrected chi connectivity index (χ2v) is 2.92. The van der Waals surface area contributed by atoms with Crippen LogP contribution in [0.2, 0.25) is 0 Å². The zero-order valence-corrected chi connectivity index (χ0v) is 7.20. The van der Waals surface area contributed by atoms with Gasteiger partial charge in [-0.15, -0.1) is 0 Å². The average molecular weight is 177 g/mol. The van der Waals surface area contributed by atoms with Gasteiger partial charge in [0.25, 0.3) is 5.91 Å². The molecule has 67 valence electrons. The van der Waals surface area contributed by atoms with Crippen molar-refractivity contribution in [2.75, 3.05) is 18.6 Å². The van der Waals surface area contributed by atoms with Gasteiger partial charge in [0.1, 0.15) is 5.75 Å². The number of rotatable bonds is 0. The van der Waals surface area contributed by atoms with E-state index in [1.807, 2.05) is 0 Å². The van der Waals surface area contributed by atoms with Crippen LogP contribution >= 0.6 is 0 Å². The largest absolute Gasteiger partial charge is 0.482 e. The van der Waals surface area contributed by atoms with Crippen LogP contribution in [0.25, 0.3) is 0 Å². The number of nitrogens with one attached hydrogen (secondary N) is 1. The molecule has 1 aliphatic rings. The Kier molecular flexibility index (Phi) is 1.62. The molecule has 2 rings (SSSR count). The zero-order valence-electron chi connectivity index (χ0n) is 7.20. The molecule has 0 fully saturated rings. The number of anilines is 1. The molecule has 0 aromatic heterocycles.